The number of benzene rings is 1. The van der Waals surface area contributed by atoms with Gasteiger partial charge in [0.25, 0.3) is 0 Å². The molecule has 1 aliphatic rings. The molecule has 0 aromatic heterocycles. The maximum atomic E-state index is 12.3. The Labute approximate surface area is 249 Å². The molecule has 0 radical (unpaired) electrons. The molecule has 1 aromatic rings. The van der Waals surface area contributed by atoms with Gasteiger partial charge in [0.1, 0.15) is 5.75 Å². The van der Waals surface area contributed by atoms with Gasteiger partial charge in [0.2, 0.25) is 0 Å². The highest BCUT2D eigenvalue weighted by atomic mass is 32.1. The van der Waals surface area contributed by atoms with Gasteiger partial charge in [-0.05, 0) is 69.2 Å². The summed E-state index contributed by atoms with van der Waals surface area (Å²) >= 11 is 4.32. The van der Waals surface area contributed by atoms with Crippen molar-refractivity contribution in [3.8, 4) is 5.75 Å². The number of esters is 2. The first-order valence-electron chi connectivity index (χ1n) is 16.0. The molecule has 0 spiro atoms. The van der Waals surface area contributed by atoms with Crippen molar-refractivity contribution in [2.24, 2.45) is 5.92 Å². The third kappa shape index (κ3) is 17.1. The highest BCUT2D eigenvalue weighted by Crippen LogP contribution is 2.18. The number of hydrogen-bond donors (Lipinski definition) is 1. The summed E-state index contributed by atoms with van der Waals surface area (Å²) < 4.78 is 11.0. The molecular weight excluding hydrogens is 518 g/mol. The largest absolute Gasteiger partial charge is 0.465 e. The zero-order valence-corrected chi connectivity index (χ0v) is 26.0. The van der Waals surface area contributed by atoms with E-state index in [-0.39, 0.29) is 18.4 Å². The Bertz CT molecular complexity index is 824. The van der Waals surface area contributed by atoms with Gasteiger partial charge in [-0.25, -0.2) is 0 Å². The summed E-state index contributed by atoms with van der Waals surface area (Å²) in [7, 11) is 0. The quantitative estimate of drug-likeness (QED) is 0.0497. The standard InChI is InChI=1S/C34H55NO4S/c1-2-3-4-5-6-7-8-9-10-11-12-13-14-15-16-19-33(36)39-32-22-20-30(21-23-32)27-34(37)38-29-31-18-17-24-35(28-31)25-26-40/h9-10,20-23,31,40H,2-8,11-19,24-29H2,1H3/b10-9-. The van der Waals surface area contributed by atoms with E-state index in [0.29, 0.717) is 24.7 Å². The topological polar surface area (TPSA) is 55.8 Å². The zero-order chi connectivity index (χ0) is 28.7. The lowest BCUT2D eigenvalue weighted by atomic mass is 9.99. The van der Waals surface area contributed by atoms with Crippen molar-refractivity contribution in [3.63, 3.8) is 0 Å². The fourth-order valence-electron chi connectivity index (χ4n) is 5.26. The molecule has 0 amide bonds. The third-order valence-corrected chi connectivity index (χ3v) is 7.85. The van der Waals surface area contributed by atoms with Crippen LogP contribution in [0.1, 0.15) is 115 Å². The molecule has 1 aliphatic heterocycles. The van der Waals surface area contributed by atoms with Gasteiger partial charge < -0.3 is 14.4 Å². The fourth-order valence-corrected chi connectivity index (χ4v) is 5.54. The summed E-state index contributed by atoms with van der Waals surface area (Å²) in [6.45, 7) is 5.82. The number of piperidine rings is 1. The van der Waals surface area contributed by atoms with Crippen molar-refractivity contribution >= 4 is 24.6 Å². The van der Waals surface area contributed by atoms with E-state index >= 15 is 0 Å². The highest BCUT2D eigenvalue weighted by molar-refractivity contribution is 7.80. The summed E-state index contributed by atoms with van der Waals surface area (Å²) in [6.07, 6.45) is 23.7. The Morgan fingerprint density at radius 3 is 2.23 bits per heavy atom. The molecule has 0 aliphatic carbocycles. The van der Waals surface area contributed by atoms with Gasteiger partial charge in [-0.15, -0.1) is 0 Å². The SMILES string of the molecule is CCCCCCCC/C=C\CCCCCCCC(=O)Oc1ccc(CC(=O)OCC2CCCN(CCS)C2)cc1. The van der Waals surface area contributed by atoms with Crippen LogP contribution in [-0.2, 0) is 20.7 Å². The maximum Gasteiger partial charge on any atom is 0.311 e. The first-order valence-corrected chi connectivity index (χ1v) is 16.7. The predicted octanol–water partition coefficient (Wildman–Crippen LogP) is 8.36. The van der Waals surface area contributed by atoms with Crippen LogP contribution in [-0.4, -0.2) is 48.8 Å². The summed E-state index contributed by atoms with van der Waals surface area (Å²) in [4.78, 5) is 26.9. The molecule has 0 saturated carbocycles. The summed E-state index contributed by atoms with van der Waals surface area (Å²) in [5, 5.41) is 0. The van der Waals surface area contributed by atoms with Crippen LogP contribution in [0, 0.1) is 5.92 Å². The minimum absolute atomic E-state index is 0.191. The van der Waals surface area contributed by atoms with Gasteiger partial charge in [-0.3, -0.25) is 9.59 Å². The molecule has 2 rings (SSSR count). The van der Waals surface area contributed by atoms with Gasteiger partial charge in [0.05, 0.1) is 13.0 Å². The first kappa shape index (κ1) is 34.4. The van der Waals surface area contributed by atoms with E-state index in [4.69, 9.17) is 9.47 Å². The Kier molecular flexibility index (Phi) is 19.7. The van der Waals surface area contributed by atoms with E-state index in [1.54, 1.807) is 12.1 Å². The van der Waals surface area contributed by atoms with E-state index in [0.717, 1.165) is 63.1 Å². The lowest BCUT2D eigenvalue weighted by molar-refractivity contribution is -0.144. The number of carbonyl (C=O) groups excluding carboxylic acids is 2. The third-order valence-electron chi connectivity index (χ3n) is 7.65. The smallest absolute Gasteiger partial charge is 0.311 e. The number of nitrogens with zero attached hydrogens (tertiary/aromatic N) is 1. The summed E-state index contributed by atoms with van der Waals surface area (Å²) in [6, 6.07) is 7.19. The highest BCUT2D eigenvalue weighted by Gasteiger charge is 2.20. The number of likely N-dealkylation sites (tertiary alicyclic amines) is 1. The van der Waals surface area contributed by atoms with Gasteiger partial charge in [-0.1, -0.05) is 82.6 Å². The number of ether oxygens (including phenoxy) is 2. The van der Waals surface area contributed by atoms with Crippen molar-refractivity contribution in [1.29, 1.82) is 0 Å². The van der Waals surface area contributed by atoms with Crippen molar-refractivity contribution in [2.75, 3.05) is 32.0 Å². The molecule has 1 saturated heterocycles. The Morgan fingerprint density at radius 2 is 1.55 bits per heavy atom. The van der Waals surface area contributed by atoms with Crippen molar-refractivity contribution in [2.45, 2.75) is 116 Å². The fraction of sp³-hybridized carbons (Fsp3) is 0.706. The first-order chi connectivity index (χ1) is 19.6. The lowest BCUT2D eigenvalue weighted by Gasteiger charge is -2.31. The molecule has 226 valence electrons. The van der Waals surface area contributed by atoms with E-state index in [2.05, 4.69) is 36.6 Å². The van der Waals surface area contributed by atoms with Crippen LogP contribution in [0.3, 0.4) is 0 Å². The van der Waals surface area contributed by atoms with E-state index in [1.807, 2.05) is 12.1 Å². The summed E-state index contributed by atoms with van der Waals surface area (Å²) in [5.41, 5.74) is 0.863. The maximum absolute atomic E-state index is 12.3. The molecule has 1 unspecified atom stereocenters. The van der Waals surface area contributed by atoms with Gasteiger partial charge in [0, 0.05) is 31.2 Å². The second-order valence-corrected chi connectivity index (χ2v) is 11.8. The van der Waals surface area contributed by atoms with E-state index < -0.39 is 0 Å². The molecular formula is C34H55NO4S. The van der Waals surface area contributed by atoms with E-state index in [1.165, 1.54) is 64.2 Å². The molecule has 0 bridgehead atoms. The van der Waals surface area contributed by atoms with E-state index in [9.17, 15) is 9.59 Å². The van der Waals surface area contributed by atoms with Crippen LogP contribution < -0.4 is 4.74 Å². The normalized spacial score (nSPS) is 15.9. The molecule has 6 heteroatoms. The molecule has 0 N–H and O–H groups in total. The molecule has 1 heterocycles. The summed E-state index contributed by atoms with van der Waals surface area (Å²) in [5.74, 6) is 1.39. The molecule has 5 nitrogen and oxygen atoms in total. The van der Waals surface area contributed by atoms with Crippen LogP contribution in [0.4, 0.5) is 0 Å². The van der Waals surface area contributed by atoms with Gasteiger partial charge >= 0.3 is 11.9 Å². The molecule has 1 fully saturated rings. The zero-order valence-electron chi connectivity index (χ0n) is 25.1. The number of unbranched alkanes of at least 4 members (excludes halogenated alkanes) is 11. The Hall–Kier alpha value is -1.79. The second-order valence-electron chi connectivity index (χ2n) is 11.3. The number of rotatable bonds is 22. The van der Waals surface area contributed by atoms with Gasteiger partial charge in [-0.2, -0.15) is 12.6 Å². The number of carbonyl (C=O) groups is 2. The number of allylic oxidation sites excluding steroid dienone is 2. The van der Waals surface area contributed by atoms with Crippen molar-refractivity contribution in [3.05, 3.63) is 42.0 Å². The second kappa shape index (κ2) is 22.8. The Morgan fingerprint density at radius 1 is 0.900 bits per heavy atom. The lowest BCUT2D eigenvalue weighted by Crippen LogP contribution is -2.38. The Balaban J connectivity index is 1.47. The van der Waals surface area contributed by atoms with Crippen LogP contribution in [0.5, 0.6) is 5.75 Å². The molecule has 1 atom stereocenters. The van der Waals surface area contributed by atoms with Gasteiger partial charge in [0.15, 0.2) is 0 Å². The average Bonchev–Trinajstić information content (AvgIpc) is 2.95. The number of hydrogen-bond acceptors (Lipinski definition) is 6. The van der Waals surface area contributed by atoms with Crippen molar-refractivity contribution in [1.82, 2.24) is 4.90 Å². The minimum Gasteiger partial charge on any atom is -0.465 e. The predicted molar refractivity (Wildman–Crippen MR) is 169 cm³/mol. The van der Waals surface area contributed by atoms with Crippen LogP contribution in [0.2, 0.25) is 0 Å². The van der Waals surface area contributed by atoms with Crippen LogP contribution in [0.15, 0.2) is 36.4 Å². The van der Waals surface area contributed by atoms with Crippen LogP contribution in [0.25, 0.3) is 0 Å². The number of thiol groups is 1. The van der Waals surface area contributed by atoms with Crippen molar-refractivity contribution < 1.29 is 19.1 Å². The average molecular weight is 574 g/mol. The molecule has 40 heavy (non-hydrogen) atoms. The van der Waals surface area contributed by atoms with Crippen LogP contribution >= 0.6 is 12.6 Å². The molecule has 1 aromatic carbocycles. The minimum atomic E-state index is -0.208. The monoisotopic (exact) mass is 573 g/mol.